The summed E-state index contributed by atoms with van der Waals surface area (Å²) in [5.74, 6) is -1.14. The minimum absolute atomic E-state index is 0.310. The SMILES string of the molecule is Cn1ccc(CNc2ccc(F)cc2F)c1. The van der Waals surface area contributed by atoms with Crippen molar-refractivity contribution in [2.75, 3.05) is 5.32 Å². The molecule has 0 atom stereocenters. The Kier molecular flexibility index (Phi) is 2.90. The quantitative estimate of drug-likeness (QED) is 0.844. The van der Waals surface area contributed by atoms with Crippen molar-refractivity contribution in [2.45, 2.75) is 6.54 Å². The van der Waals surface area contributed by atoms with Gasteiger partial charge < -0.3 is 9.88 Å². The van der Waals surface area contributed by atoms with Crippen molar-refractivity contribution in [2.24, 2.45) is 7.05 Å². The molecule has 16 heavy (non-hydrogen) atoms. The fraction of sp³-hybridized carbons (Fsp3) is 0.167. The van der Waals surface area contributed by atoms with Gasteiger partial charge in [0.15, 0.2) is 0 Å². The Hall–Kier alpha value is -1.84. The number of nitrogens with one attached hydrogen (secondary N) is 1. The maximum Gasteiger partial charge on any atom is 0.149 e. The first-order chi connectivity index (χ1) is 7.65. The van der Waals surface area contributed by atoms with Gasteiger partial charge in [-0.15, -0.1) is 0 Å². The fourth-order valence-corrected chi connectivity index (χ4v) is 1.50. The molecule has 1 aromatic carbocycles. The molecular weight excluding hydrogens is 210 g/mol. The van der Waals surface area contributed by atoms with Crippen molar-refractivity contribution in [3.8, 4) is 0 Å². The van der Waals surface area contributed by atoms with E-state index in [9.17, 15) is 8.78 Å². The number of anilines is 1. The third kappa shape index (κ3) is 2.39. The Bertz CT molecular complexity index is 492. The third-order valence-electron chi connectivity index (χ3n) is 2.31. The summed E-state index contributed by atoms with van der Waals surface area (Å²) in [7, 11) is 1.92. The van der Waals surface area contributed by atoms with Gasteiger partial charge in [0.25, 0.3) is 0 Å². The van der Waals surface area contributed by atoms with Gasteiger partial charge in [-0.2, -0.15) is 0 Å². The maximum absolute atomic E-state index is 13.3. The van der Waals surface area contributed by atoms with E-state index in [1.54, 1.807) is 0 Å². The topological polar surface area (TPSA) is 17.0 Å². The molecule has 0 fully saturated rings. The van der Waals surface area contributed by atoms with Crippen molar-refractivity contribution < 1.29 is 8.78 Å². The van der Waals surface area contributed by atoms with Crippen molar-refractivity contribution in [3.63, 3.8) is 0 Å². The van der Waals surface area contributed by atoms with Crippen LogP contribution >= 0.6 is 0 Å². The molecule has 1 N–H and O–H groups in total. The van der Waals surface area contributed by atoms with Crippen LogP contribution in [0.25, 0.3) is 0 Å². The summed E-state index contributed by atoms with van der Waals surface area (Å²) in [4.78, 5) is 0. The second kappa shape index (κ2) is 4.35. The van der Waals surface area contributed by atoms with Crippen molar-refractivity contribution in [3.05, 3.63) is 53.9 Å². The highest BCUT2D eigenvalue weighted by Crippen LogP contribution is 2.15. The number of aromatic nitrogens is 1. The zero-order valence-corrected chi connectivity index (χ0v) is 8.87. The lowest BCUT2D eigenvalue weighted by atomic mass is 10.2. The molecule has 2 nitrogen and oxygen atoms in total. The summed E-state index contributed by atoms with van der Waals surface area (Å²) in [6, 6.07) is 5.44. The first kappa shape index (κ1) is 10.7. The number of halogens is 2. The van der Waals surface area contributed by atoms with E-state index in [2.05, 4.69) is 5.32 Å². The van der Waals surface area contributed by atoms with E-state index in [-0.39, 0.29) is 0 Å². The summed E-state index contributed by atoms with van der Waals surface area (Å²) in [6.45, 7) is 0.517. The van der Waals surface area contributed by atoms with E-state index < -0.39 is 11.6 Å². The molecule has 0 aliphatic carbocycles. The van der Waals surface area contributed by atoms with Gasteiger partial charge in [0, 0.05) is 32.1 Å². The number of rotatable bonds is 3. The average molecular weight is 222 g/mol. The Morgan fingerprint density at radius 2 is 2.06 bits per heavy atom. The van der Waals surface area contributed by atoms with Crippen LogP contribution in [0.2, 0.25) is 0 Å². The molecular formula is C12H12F2N2. The van der Waals surface area contributed by atoms with Crippen molar-refractivity contribution in [1.29, 1.82) is 0 Å². The molecule has 0 saturated carbocycles. The molecule has 1 aromatic heterocycles. The minimum atomic E-state index is -0.573. The molecule has 0 radical (unpaired) electrons. The van der Waals surface area contributed by atoms with Crippen LogP contribution in [-0.4, -0.2) is 4.57 Å². The highest BCUT2D eigenvalue weighted by molar-refractivity contribution is 5.45. The zero-order chi connectivity index (χ0) is 11.5. The summed E-state index contributed by atoms with van der Waals surface area (Å²) < 4.78 is 27.8. The molecule has 4 heteroatoms. The lowest BCUT2D eigenvalue weighted by Crippen LogP contribution is -2.00. The molecule has 84 valence electrons. The standard InChI is InChI=1S/C12H12F2N2/c1-16-5-4-9(8-16)7-15-12-3-2-10(13)6-11(12)14/h2-6,8,15H,7H2,1H3. The van der Waals surface area contributed by atoms with Gasteiger partial charge >= 0.3 is 0 Å². The molecule has 2 rings (SSSR count). The lowest BCUT2D eigenvalue weighted by Gasteiger charge is -2.06. The van der Waals surface area contributed by atoms with Crippen LogP contribution < -0.4 is 5.32 Å². The predicted octanol–water partition coefficient (Wildman–Crippen LogP) is 2.92. The summed E-state index contributed by atoms with van der Waals surface area (Å²) in [6.07, 6.45) is 3.85. The average Bonchev–Trinajstić information content (AvgIpc) is 2.63. The van der Waals surface area contributed by atoms with Crippen LogP contribution in [0, 0.1) is 11.6 Å². The Morgan fingerprint density at radius 1 is 1.25 bits per heavy atom. The van der Waals surface area contributed by atoms with Gasteiger partial charge in [-0.1, -0.05) is 0 Å². The third-order valence-corrected chi connectivity index (χ3v) is 2.31. The second-order valence-electron chi connectivity index (χ2n) is 3.66. The predicted molar refractivity (Wildman–Crippen MR) is 59.1 cm³/mol. The molecule has 2 aromatic rings. The first-order valence-corrected chi connectivity index (χ1v) is 4.95. The van der Waals surface area contributed by atoms with Gasteiger partial charge in [-0.3, -0.25) is 0 Å². The van der Waals surface area contributed by atoms with Crippen molar-refractivity contribution in [1.82, 2.24) is 4.57 Å². The molecule has 0 spiro atoms. The molecule has 1 heterocycles. The van der Waals surface area contributed by atoms with Gasteiger partial charge in [0.2, 0.25) is 0 Å². The van der Waals surface area contributed by atoms with Crippen molar-refractivity contribution >= 4 is 5.69 Å². The molecule has 0 saturated heterocycles. The van der Waals surface area contributed by atoms with Crippen LogP contribution in [0.1, 0.15) is 5.56 Å². The van der Waals surface area contributed by atoms with Crippen LogP contribution in [0.5, 0.6) is 0 Å². The number of aryl methyl sites for hydroxylation is 1. The van der Waals surface area contributed by atoms with E-state index in [4.69, 9.17) is 0 Å². The van der Waals surface area contributed by atoms with Gasteiger partial charge in [0.1, 0.15) is 11.6 Å². The van der Waals surface area contributed by atoms with Crippen LogP contribution in [0.15, 0.2) is 36.7 Å². The highest BCUT2D eigenvalue weighted by atomic mass is 19.1. The number of nitrogens with zero attached hydrogens (tertiary/aromatic N) is 1. The first-order valence-electron chi connectivity index (χ1n) is 4.95. The zero-order valence-electron chi connectivity index (χ0n) is 8.87. The molecule has 0 unspecified atom stereocenters. The van der Waals surface area contributed by atoms with Gasteiger partial charge in [-0.05, 0) is 23.8 Å². The van der Waals surface area contributed by atoms with E-state index in [0.717, 1.165) is 11.6 Å². The Morgan fingerprint density at radius 3 is 2.69 bits per heavy atom. The normalized spacial score (nSPS) is 10.4. The molecule has 0 bridgehead atoms. The van der Waals surface area contributed by atoms with Gasteiger partial charge in [0.05, 0.1) is 5.69 Å². The molecule has 0 aliphatic heterocycles. The Labute approximate surface area is 92.5 Å². The van der Waals surface area contributed by atoms with E-state index in [1.165, 1.54) is 12.1 Å². The van der Waals surface area contributed by atoms with Gasteiger partial charge in [-0.25, -0.2) is 8.78 Å². The molecule has 0 aliphatic rings. The monoisotopic (exact) mass is 222 g/mol. The molecule has 0 amide bonds. The smallest absolute Gasteiger partial charge is 0.149 e. The minimum Gasteiger partial charge on any atom is -0.379 e. The van der Waals surface area contributed by atoms with E-state index >= 15 is 0 Å². The van der Waals surface area contributed by atoms with E-state index in [0.29, 0.717) is 12.2 Å². The maximum atomic E-state index is 13.3. The van der Waals surface area contributed by atoms with Crippen LogP contribution in [-0.2, 0) is 13.6 Å². The van der Waals surface area contributed by atoms with Crippen LogP contribution in [0.3, 0.4) is 0 Å². The van der Waals surface area contributed by atoms with Crippen LogP contribution in [0.4, 0.5) is 14.5 Å². The lowest BCUT2D eigenvalue weighted by molar-refractivity contribution is 0.585. The Balaban J connectivity index is 2.04. The van der Waals surface area contributed by atoms with E-state index in [1.807, 2.05) is 30.1 Å². The number of benzene rings is 1. The largest absolute Gasteiger partial charge is 0.379 e. The highest BCUT2D eigenvalue weighted by Gasteiger charge is 2.03. The summed E-state index contributed by atoms with van der Waals surface area (Å²) in [5, 5.41) is 2.91. The summed E-state index contributed by atoms with van der Waals surface area (Å²) >= 11 is 0. The number of hydrogen-bond donors (Lipinski definition) is 1. The fourth-order valence-electron chi connectivity index (χ4n) is 1.50. The number of hydrogen-bond acceptors (Lipinski definition) is 1. The summed E-state index contributed by atoms with van der Waals surface area (Å²) in [5.41, 5.74) is 1.36. The second-order valence-corrected chi connectivity index (χ2v) is 3.66.